The van der Waals surface area contributed by atoms with E-state index in [1.54, 1.807) is 6.20 Å². The second kappa shape index (κ2) is 6.44. The zero-order valence-corrected chi connectivity index (χ0v) is 16.4. The summed E-state index contributed by atoms with van der Waals surface area (Å²) >= 11 is 6.97. The molecule has 0 aliphatic carbocycles. The number of hydrogen-bond acceptors (Lipinski definition) is 2. The van der Waals surface area contributed by atoms with Crippen LogP contribution in [0.4, 0.5) is 0 Å². The monoisotopic (exact) mass is 459 g/mol. The molecule has 2 aromatic carbocycles. The number of hydrogen-bond donors (Lipinski definition) is 3. The normalized spacial score (nSPS) is 11.5. The minimum absolute atomic E-state index is 0.0761. The summed E-state index contributed by atoms with van der Waals surface area (Å²) in [6.07, 6.45) is 2.46. The van der Waals surface area contributed by atoms with Gasteiger partial charge in [-0.25, -0.2) is 0 Å². The fourth-order valence-electron chi connectivity index (χ4n) is 3.28. The zero-order chi connectivity index (χ0) is 17.6. The van der Waals surface area contributed by atoms with Crippen molar-refractivity contribution in [2.24, 2.45) is 5.73 Å². The van der Waals surface area contributed by atoms with Crippen LogP contribution in [0, 0.1) is 0 Å². The van der Waals surface area contributed by atoms with Gasteiger partial charge in [0, 0.05) is 11.9 Å². The van der Waals surface area contributed by atoms with Gasteiger partial charge in [0.15, 0.2) is 0 Å². The van der Waals surface area contributed by atoms with E-state index in [9.17, 15) is 4.79 Å². The Morgan fingerprint density at radius 1 is 1.04 bits per heavy atom. The fraction of sp³-hybridized carbons (Fsp3) is 0.105. The van der Waals surface area contributed by atoms with E-state index >= 15 is 0 Å². The molecule has 6 heteroatoms. The van der Waals surface area contributed by atoms with Crippen LogP contribution < -0.4 is 11.3 Å². The van der Waals surface area contributed by atoms with Crippen molar-refractivity contribution < 1.29 is 0 Å². The smallest absolute Gasteiger partial charge is 0.256 e. The summed E-state index contributed by atoms with van der Waals surface area (Å²) in [7, 11) is 0. The molecular formula is C19H15Br2N3O. The number of aromatic amines is 2. The van der Waals surface area contributed by atoms with E-state index in [-0.39, 0.29) is 5.56 Å². The number of H-pyrrole nitrogens is 2. The van der Waals surface area contributed by atoms with Gasteiger partial charge in [0.25, 0.3) is 5.56 Å². The maximum Gasteiger partial charge on any atom is 0.256 e. The number of halogens is 2. The largest absolute Gasteiger partial charge is 0.348 e. The van der Waals surface area contributed by atoms with Gasteiger partial charge in [-0.05, 0) is 90.3 Å². The molecule has 0 saturated heterocycles. The Kier molecular flexibility index (Phi) is 4.27. The van der Waals surface area contributed by atoms with Crippen LogP contribution in [0.1, 0.15) is 5.56 Å². The maximum absolute atomic E-state index is 12.5. The van der Waals surface area contributed by atoms with Crippen molar-refractivity contribution in [1.29, 1.82) is 0 Å². The van der Waals surface area contributed by atoms with Gasteiger partial charge in [-0.1, -0.05) is 18.2 Å². The summed E-state index contributed by atoms with van der Waals surface area (Å²) in [6, 6.07) is 12.2. The van der Waals surface area contributed by atoms with Gasteiger partial charge in [0.05, 0.1) is 14.5 Å². The standard InChI is InChI=1S/C19H15Br2N3O/c20-15-9-16(24-18(15)21)11-1-2-13-10(3-5-22)7-12-4-6-23-19(25)17(12)14(13)8-11/h1-2,4,6-9,24H,3,5,22H2,(H,23,25). The number of nitrogens with two attached hydrogens (primary N) is 1. The average Bonchev–Trinajstić information content (AvgIpc) is 2.94. The van der Waals surface area contributed by atoms with E-state index in [2.05, 4.69) is 66.1 Å². The number of aromatic nitrogens is 2. The first-order valence-electron chi connectivity index (χ1n) is 7.90. The summed E-state index contributed by atoms with van der Waals surface area (Å²) < 4.78 is 1.85. The lowest BCUT2D eigenvalue weighted by Gasteiger charge is -2.11. The van der Waals surface area contributed by atoms with E-state index in [0.29, 0.717) is 11.9 Å². The molecule has 126 valence electrons. The lowest BCUT2D eigenvalue weighted by Crippen LogP contribution is -2.08. The van der Waals surface area contributed by atoms with E-state index < -0.39 is 0 Å². The summed E-state index contributed by atoms with van der Waals surface area (Å²) in [4.78, 5) is 18.5. The van der Waals surface area contributed by atoms with Gasteiger partial charge in [-0.15, -0.1) is 0 Å². The minimum atomic E-state index is -0.0761. The Morgan fingerprint density at radius 2 is 1.88 bits per heavy atom. The second-order valence-corrected chi connectivity index (χ2v) is 7.60. The van der Waals surface area contributed by atoms with Crippen molar-refractivity contribution in [3.05, 3.63) is 67.6 Å². The zero-order valence-electron chi connectivity index (χ0n) is 13.2. The number of fused-ring (bicyclic) bond motifs is 3. The van der Waals surface area contributed by atoms with Gasteiger partial charge in [-0.2, -0.15) is 0 Å². The third-order valence-corrected chi connectivity index (χ3v) is 6.19. The van der Waals surface area contributed by atoms with Gasteiger partial charge in [0.1, 0.15) is 0 Å². The Bertz CT molecular complexity index is 1140. The molecule has 0 aliphatic heterocycles. The predicted molar refractivity (Wildman–Crippen MR) is 110 cm³/mol. The summed E-state index contributed by atoms with van der Waals surface area (Å²) in [6.45, 7) is 0.571. The van der Waals surface area contributed by atoms with E-state index in [0.717, 1.165) is 48.5 Å². The molecule has 4 rings (SSSR count). The van der Waals surface area contributed by atoms with Crippen LogP contribution in [0.2, 0.25) is 0 Å². The Hall–Kier alpha value is -1.89. The molecule has 0 unspecified atom stereocenters. The molecule has 4 N–H and O–H groups in total. The molecule has 0 atom stereocenters. The van der Waals surface area contributed by atoms with Crippen molar-refractivity contribution in [3.8, 4) is 11.3 Å². The van der Waals surface area contributed by atoms with Gasteiger partial charge >= 0.3 is 0 Å². The molecule has 0 spiro atoms. The Balaban J connectivity index is 2.08. The number of nitrogens with one attached hydrogen (secondary N) is 2. The lowest BCUT2D eigenvalue weighted by molar-refractivity contribution is 0.979. The van der Waals surface area contributed by atoms with Crippen molar-refractivity contribution in [1.82, 2.24) is 9.97 Å². The average molecular weight is 461 g/mol. The van der Waals surface area contributed by atoms with E-state index in [1.165, 1.54) is 0 Å². The van der Waals surface area contributed by atoms with Crippen LogP contribution in [0.3, 0.4) is 0 Å². The Morgan fingerprint density at radius 3 is 2.60 bits per heavy atom. The summed E-state index contributed by atoms with van der Waals surface area (Å²) in [5.41, 5.74) is 8.87. The van der Waals surface area contributed by atoms with Crippen molar-refractivity contribution in [2.75, 3.05) is 6.54 Å². The molecule has 4 aromatic rings. The van der Waals surface area contributed by atoms with E-state index in [1.807, 2.05) is 12.1 Å². The predicted octanol–water partition coefficient (Wildman–Crippen LogP) is 4.70. The van der Waals surface area contributed by atoms with Crippen LogP contribution in [-0.2, 0) is 6.42 Å². The number of benzene rings is 2. The topological polar surface area (TPSA) is 74.7 Å². The third kappa shape index (κ3) is 2.84. The van der Waals surface area contributed by atoms with Crippen molar-refractivity contribution >= 4 is 53.4 Å². The molecular weight excluding hydrogens is 446 g/mol. The van der Waals surface area contributed by atoms with Crippen LogP contribution in [-0.4, -0.2) is 16.5 Å². The highest BCUT2D eigenvalue weighted by molar-refractivity contribution is 9.13. The molecule has 0 saturated carbocycles. The highest BCUT2D eigenvalue weighted by Gasteiger charge is 2.12. The second-order valence-electron chi connectivity index (χ2n) is 5.95. The van der Waals surface area contributed by atoms with Crippen LogP contribution in [0.5, 0.6) is 0 Å². The maximum atomic E-state index is 12.5. The van der Waals surface area contributed by atoms with Crippen molar-refractivity contribution in [2.45, 2.75) is 6.42 Å². The molecule has 0 amide bonds. The summed E-state index contributed by atoms with van der Waals surface area (Å²) in [5.74, 6) is 0. The fourth-order valence-corrected chi connectivity index (χ4v) is 3.93. The third-order valence-electron chi connectivity index (χ3n) is 4.41. The molecule has 0 radical (unpaired) electrons. The molecule has 25 heavy (non-hydrogen) atoms. The highest BCUT2D eigenvalue weighted by Crippen LogP contribution is 2.33. The SMILES string of the molecule is NCCc1cc2cc[nH]c(=O)c2c2cc(-c3cc(Br)c(Br)[nH]3)ccc12. The molecule has 2 heterocycles. The minimum Gasteiger partial charge on any atom is -0.348 e. The number of rotatable bonds is 3. The summed E-state index contributed by atoms with van der Waals surface area (Å²) in [5, 5.41) is 3.67. The number of pyridine rings is 1. The first-order chi connectivity index (χ1) is 12.1. The van der Waals surface area contributed by atoms with Crippen LogP contribution >= 0.6 is 31.9 Å². The molecule has 2 aromatic heterocycles. The first kappa shape index (κ1) is 16.6. The molecule has 0 aliphatic rings. The lowest BCUT2D eigenvalue weighted by atomic mass is 9.94. The van der Waals surface area contributed by atoms with Gasteiger partial charge in [0.2, 0.25) is 0 Å². The van der Waals surface area contributed by atoms with Crippen LogP contribution in [0.25, 0.3) is 32.8 Å². The first-order valence-corrected chi connectivity index (χ1v) is 9.48. The van der Waals surface area contributed by atoms with Crippen LogP contribution in [0.15, 0.2) is 56.5 Å². The molecule has 4 nitrogen and oxygen atoms in total. The highest BCUT2D eigenvalue weighted by atomic mass is 79.9. The van der Waals surface area contributed by atoms with Gasteiger partial charge in [-0.3, -0.25) is 4.79 Å². The molecule has 0 bridgehead atoms. The van der Waals surface area contributed by atoms with E-state index in [4.69, 9.17) is 5.73 Å². The Labute approximate surface area is 160 Å². The van der Waals surface area contributed by atoms with Crippen molar-refractivity contribution in [3.63, 3.8) is 0 Å². The van der Waals surface area contributed by atoms with Gasteiger partial charge < -0.3 is 15.7 Å². The quantitative estimate of drug-likeness (QED) is 0.387. The molecule has 0 fully saturated rings.